The SMILES string of the molecule is CC(CN)C(=O)Nc1ccc2c(c1)CCCO2.Cl. The molecule has 0 radical (unpaired) electrons. The standard InChI is InChI=1S/C13H18N2O2.ClH/c1-9(8-14)13(16)15-11-4-5-12-10(7-11)3-2-6-17-12;/h4-5,7,9H,2-3,6,8,14H2,1H3,(H,15,16);1H. The van der Waals surface area contributed by atoms with Gasteiger partial charge in [0.25, 0.3) is 0 Å². The number of nitrogens with one attached hydrogen (secondary N) is 1. The van der Waals surface area contributed by atoms with Gasteiger partial charge < -0.3 is 15.8 Å². The highest BCUT2D eigenvalue weighted by molar-refractivity contribution is 5.92. The first-order valence-electron chi connectivity index (χ1n) is 5.97. The van der Waals surface area contributed by atoms with Crippen LogP contribution in [0.25, 0.3) is 0 Å². The van der Waals surface area contributed by atoms with E-state index in [2.05, 4.69) is 5.32 Å². The van der Waals surface area contributed by atoms with E-state index in [1.807, 2.05) is 25.1 Å². The monoisotopic (exact) mass is 270 g/mol. The molecular weight excluding hydrogens is 252 g/mol. The summed E-state index contributed by atoms with van der Waals surface area (Å²) in [4.78, 5) is 11.7. The Morgan fingerprint density at radius 1 is 1.56 bits per heavy atom. The van der Waals surface area contributed by atoms with E-state index in [0.29, 0.717) is 6.54 Å². The van der Waals surface area contributed by atoms with Crippen molar-refractivity contribution in [2.45, 2.75) is 19.8 Å². The topological polar surface area (TPSA) is 64.4 Å². The first kappa shape index (κ1) is 14.8. The van der Waals surface area contributed by atoms with Gasteiger partial charge in [-0.2, -0.15) is 0 Å². The molecule has 0 aromatic heterocycles. The van der Waals surface area contributed by atoms with Crippen molar-refractivity contribution >= 4 is 24.0 Å². The molecule has 3 N–H and O–H groups in total. The highest BCUT2D eigenvalue weighted by atomic mass is 35.5. The van der Waals surface area contributed by atoms with Gasteiger partial charge in [0.05, 0.1) is 6.61 Å². The number of fused-ring (bicyclic) bond motifs is 1. The predicted molar refractivity (Wildman–Crippen MR) is 74.4 cm³/mol. The van der Waals surface area contributed by atoms with Crippen molar-refractivity contribution in [3.63, 3.8) is 0 Å². The molecule has 0 spiro atoms. The van der Waals surface area contributed by atoms with E-state index < -0.39 is 0 Å². The number of benzene rings is 1. The molecule has 0 aliphatic carbocycles. The summed E-state index contributed by atoms with van der Waals surface area (Å²) in [6.45, 7) is 2.96. The molecule has 5 heteroatoms. The molecular formula is C13H19ClN2O2. The van der Waals surface area contributed by atoms with Crippen LogP contribution in [-0.4, -0.2) is 19.1 Å². The van der Waals surface area contributed by atoms with E-state index in [1.54, 1.807) is 0 Å². The number of carbonyl (C=O) groups is 1. The average Bonchev–Trinajstić information content (AvgIpc) is 2.37. The van der Waals surface area contributed by atoms with Crippen LogP contribution >= 0.6 is 12.4 Å². The van der Waals surface area contributed by atoms with Crippen molar-refractivity contribution in [2.24, 2.45) is 11.7 Å². The van der Waals surface area contributed by atoms with Crippen LogP contribution in [0.1, 0.15) is 18.9 Å². The van der Waals surface area contributed by atoms with Gasteiger partial charge in [0.2, 0.25) is 5.91 Å². The molecule has 1 aromatic rings. The van der Waals surface area contributed by atoms with Gasteiger partial charge in [0.1, 0.15) is 5.75 Å². The van der Waals surface area contributed by atoms with Crippen LogP contribution in [0.5, 0.6) is 5.75 Å². The summed E-state index contributed by atoms with van der Waals surface area (Å²) >= 11 is 0. The minimum Gasteiger partial charge on any atom is -0.493 e. The van der Waals surface area contributed by atoms with Gasteiger partial charge in [-0.05, 0) is 36.6 Å². The minimum atomic E-state index is -0.165. The Bertz CT molecular complexity index is 423. The molecule has 1 aliphatic rings. The van der Waals surface area contributed by atoms with Crippen LogP contribution in [0, 0.1) is 5.92 Å². The first-order valence-corrected chi connectivity index (χ1v) is 5.97. The average molecular weight is 271 g/mol. The first-order chi connectivity index (χ1) is 8.20. The molecule has 1 amide bonds. The van der Waals surface area contributed by atoms with E-state index in [0.717, 1.165) is 36.4 Å². The highest BCUT2D eigenvalue weighted by Gasteiger charge is 2.14. The quantitative estimate of drug-likeness (QED) is 0.883. The Labute approximate surface area is 113 Å². The van der Waals surface area contributed by atoms with Crippen LogP contribution in [-0.2, 0) is 11.2 Å². The molecule has 0 bridgehead atoms. The maximum atomic E-state index is 11.7. The molecule has 0 fully saturated rings. The number of aryl methyl sites for hydroxylation is 1. The summed E-state index contributed by atoms with van der Waals surface area (Å²) in [6, 6.07) is 5.76. The third-order valence-corrected chi connectivity index (χ3v) is 2.98. The molecule has 1 unspecified atom stereocenters. The largest absolute Gasteiger partial charge is 0.493 e. The second-order valence-electron chi connectivity index (χ2n) is 4.40. The number of nitrogens with two attached hydrogens (primary N) is 1. The maximum Gasteiger partial charge on any atom is 0.228 e. The number of rotatable bonds is 3. The molecule has 1 atom stereocenters. The lowest BCUT2D eigenvalue weighted by atomic mass is 10.1. The number of ether oxygens (including phenoxy) is 1. The normalized spacial score (nSPS) is 14.8. The summed E-state index contributed by atoms with van der Waals surface area (Å²) in [5.74, 6) is 0.729. The zero-order valence-electron chi connectivity index (χ0n) is 10.4. The Morgan fingerprint density at radius 3 is 3.06 bits per heavy atom. The summed E-state index contributed by atoms with van der Waals surface area (Å²) in [7, 11) is 0. The van der Waals surface area contributed by atoms with Crippen LogP contribution < -0.4 is 15.8 Å². The molecule has 1 aromatic carbocycles. The van der Waals surface area contributed by atoms with Crippen LogP contribution in [0.2, 0.25) is 0 Å². The number of carbonyl (C=O) groups excluding carboxylic acids is 1. The number of amides is 1. The van der Waals surface area contributed by atoms with E-state index in [1.165, 1.54) is 0 Å². The molecule has 1 aliphatic heterocycles. The lowest BCUT2D eigenvalue weighted by molar-refractivity contribution is -0.119. The molecule has 4 nitrogen and oxygen atoms in total. The molecule has 2 rings (SSSR count). The minimum absolute atomic E-state index is 0. The third-order valence-electron chi connectivity index (χ3n) is 2.98. The fraction of sp³-hybridized carbons (Fsp3) is 0.462. The van der Waals surface area contributed by atoms with Crippen molar-refractivity contribution in [3.05, 3.63) is 23.8 Å². The fourth-order valence-corrected chi connectivity index (χ4v) is 1.81. The van der Waals surface area contributed by atoms with Crippen molar-refractivity contribution in [2.75, 3.05) is 18.5 Å². The van der Waals surface area contributed by atoms with Crippen LogP contribution in [0.15, 0.2) is 18.2 Å². The van der Waals surface area contributed by atoms with E-state index in [9.17, 15) is 4.79 Å². The van der Waals surface area contributed by atoms with Crippen molar-refractivity contribution in [1.29, 1.82) is 0 Å². The Kier molecular flexibility index (Phi) is 5.44. The smallest absolute Gasteiger partial charge is 0.228 e. The Hall–Kier alpha value is -1.26. The predicted octanol–water partition coefficient (Wildman–Crippen LogP) is 1.97. The number of anilines is 1. The van der Waals surface area contributed by atoms with Crippen molar-refractivity contribution in [3.8, 4) is 5.75 Å². The number of hydrogen-bond acceptors (Lipinski definition) is 3. The Balaban J connectivity index is 0.00000162. The van der Waals surface area contributed by atoms with Gasteiger partial charge in [-0.15, -0.1) is 12.4 Å². The number of halogens is 1. The second-order valence-corrected chi connectivity index (χ2v) is 4.40. The van der Waals surface area contributed by atoms with Gasteiger partial charge in [0, 0.05) is 18.2 Å². The van der Waals surface area contributed by atoms with E-state index in [-0.39, 0.29) is 24.2 Å². The molecule has 100 valence electrons. The van der Waals surface area contributed by atoms with E-state index >= 15 is 0 Å². The van der Waals surface area contributed by atoms with E-state index in [4.69, 9.17) is 10.5 Å². The van der Waals surface area contributed by atoms with Crippen molar-refractivity contribution in [1.82, 2.24) is 0 Å². The maximum absolute atomic E-state index is 11.7. The summed E-state index contributed by atoms with van der Waals surface area (Å²) in [5.41, 5.74) is 7.44. The Morgan fingerprint density at radius 2 is 2.33 bits per heavy atom. The van der Waals surface area contributed by atoms with Gasteiger partial charge in [-0.25, -0.2) is 0 Å². The van der Waals surface area contributed by atoms with Gasteiger partial charge in [-0.3, -0.25) is 4.79 Å². The molecule has 0 saturated carbocycles. The molecule has 18 heavy (non-hydrogen) atoms. The van der Waals surface area contributed by atoms with Gasteiger partial charge in [-0.1, -0.05) is 6.92 Å². The molecule has 1 heterocycles. The lowest BCUT2D eigenvalue weighted by Crippen LogP contribution is -2.26. The second kappa shape index (κ2) is 6.61. The number of hydrogen-bond donors (Lipinski definition) is 2. The van der Waals surface area contributed by atoms with Crippen LogP contribution in [0.4, 0.5) is 5.69 Å². The molecule has 0 saturated heterocycles. The third kappa shape index (κ3) is 3.37. The van der Waals surface area contributed by atoms with Gasteiger partial charge in [0.15, 0.2) is 0 Å². The zero-order chi connectivity index (χ0) is 12.3. The summed E-state index contributed by atoms with van der Waals surface area (Å²) in [5, 5.41) is 2.87. The summed E-state index contributed by atoms with van der Waals surface area (Å²) < 4.78 is 5.52. The zero-order valence-corrected chi connectivity index (χ0v) is 11.3. The van der Waals surface area contributed by atoms with Gasteiger partial charge >= 0.3 is 0 Å². The summed E-state index contributed by atoms with van der Waals surface area (Å²) in [6.07, 6.45) is 2.04. The fourth-order valence-electron chi connectivity index (χ4n) is 1.81. The van der Waals surface area contributed by atoms with Crippen molar-refractivity contribution < 1.29 is 9.53 Å². The van der Waals surface area contributed by atoms with Crippen LogP contribution in [0.3, 0.4) is 0 Å². The lowest BCUT2D eigenvalue weighted by Gasteiger charge is -2.18. The highest BCUT2D eigenvalue weighted by Crippen LogP contribution is 2.27.